The lowest BCUT2D eigenvalue weighted by Crippen LogP contribution is -2.25. The van der Waals surface area contributed by atoms with E-state index in [1.54, 1.807) is 0 Å². The van der Waals surface area contributed by atoms with Crippen molar-refractivity contribution in [2.45, 2.75) is 46.5 Å². The first-order chi connectivity index (χ1) is 5.00. The Morgan fingerprint density at radius 2 is 1.64 bits per heavy atom. The minimum Gasteiger partial charge on any atom is -0.387 e. The van der Waals surface area contributed by atoms with Gasteiger partial charge in [0.2, 0.25) is 0 Å². The monoisotopic (exact) mass is 155 g/mol. The topological polar surface area (TPSA) is 20.2 Å². The van der Waals surface area contributed by atoms with Crippen LogP contribution in [0.5, 0.6) is 0 Å². The molecule has 0 bridgehead atoms. The third-order valence-electron chi connectivity index (χ3n) is 2.79. The number of hydrogen-bond acceptors (Lipinski definition) is 1. The largest absolute Gasteiger partial charge is 0.387 e. The van der Waals surface area contributed by atoms with Gasteiger partial charge in [0.05, 0.1) is 6.10 Å². The van der Waals surface area contributed by atoms with E-state index in [2.05, 4.69) is 20.8 Å². The zero-order chi connectivity index (χ0) is 8.48. The van der Waals surface area contributed by atoms with Crippen molar-refractivity contribution in [3.63, 3.8) is 0 Å². The van der Waals surface area contributed by atoms with Gasteiger partial charge in [-0.25, -0.2) is 0 Å². The van der Waals surface area contributed by atoms with E-state index in [9.17, 15) is 5.11 Å². The van der Waals surface area contributed by atoms with E-state index in [4.69, 9.17) is 0 Å². The minimum absolute atomic E-state index is 0.431. The Morgan fingerprint density at radius 3 is 2.00 bits per heavy atom. The van der Waals surface area contributed by atoms with Crippen molar-refractivity contribution < 1.29 is 5.11 Å². The molecule has 0 aliphatic heterocycles. The van der Waals surface area contributed by atoms with Gasteiger partial charge in [0, 0.05) is 0 Å². The Balaban J connectivity index is 2.39. The Morgan fingerprint density at radius 1 is 1.18 bits per heavy atom. The van der Waals surface area contributed by atoms with Gasteiger partial charge in [0.25, 0.3) is 0 Å². The molecule has 1 saturated carbocycles. The molecule has 0 saturated heterocycles. The molecule has 0 heterocycles. The van der Waals surface area contributed by atoms with E-state index in [1.165, 1.54) is 12.8 Å². The molecule has 1 fully saturated rings. The molecule has 1 radical (unpaired) electrons. The number of aliphatic hydroxyl groups excluding tert-OH is 1. The van der Waals surface area contributed by atoms with Crippen molar-refractivity contribution in [3.8, 4) is 0 Å². The van der Waals surface area contributed by atoms with E-state index < -0.39 is 0 Å². The lowest BCUT2D eigenvalue weighted by atomic mass is 9.72. The van der Waals surface area contributed by atoms with Crippen LogP contribution in [0, 0.1) is 17.4 Å². The molecule has 1 nitrogen and oxygen atoms in total. The highest BCUT2D eigenvalue weighted by atomic mass is 16.3. The molecule has 0 aromatic rings. The second-order valence-electron chi connectivity index (χ2n) is 4.71. The molecular weight excluding hydrogens is 136 g/mol. The molecule has 0 spiro atoms. The molecule has 0 amide bonds. The van der Waals surface area contributed by atoms with E-state index in [1.807, 2.05) is 0 Å². The first-order valence-electron chi connectivity index (χ1n) is 4.54. The van der Waals surface area contributed by atoms with Crippen LogP contribution < -0.4 is 0 Å². The Kier molecular flexibility index (Phi) is 2.58. The molecule has 11 heavy (non-hydrogen) atoms. The van der Waals surface area contributed by atoms with Gasteiger partial charge in [-0.2, -0.15) is 0 Å². The normalized spacial score (nSPS) is 24.0. The van der Waals surface area contributed by atoms with E-state index in [-0.39, 0.29) is 0 Å². The van der Waals surface area contributed by atoms with Gasteiger partial charge in [-0.05, 0) is 37.0 Å². The summed E-state index contributed by atoms with van der Waals surface area (Å²) in [6.45, 7) is 6.88. The van der Waals surface area contributed by atoms with E-state index in [0.717, 1.165) is 18.8 Å². The van der Waals surface area contributed by atoms with Gasteiger partial charge in [-0.15, -0.1) is 0 Å². The summed E-state index contributed by atoms with van der Waals surface area (Å²) < 4.78 is 0. The summed E-state index contributed by atoms with van der Waals surface area (Å²) in [5, 5.41) is 9.21. The first-order valence-corrected chi connectivity index (χ1v) is 4.54. The second kappa shape index (κ2) is 3.14. The summed E-state index contributed by atoms with van der Waals surface area (Å²) in [6.07, 6.45) is 4.93. The molecule has 0 unspecified atom stereocenters. The fourth-order valence-corrected chi connectivity index (χ4v) is 1.82. The van der Waals surface area contributed by atoms with E-state index in [0.29, 0.717) is 11.5 Å². The molecular formula is C10H19O. The molecule has 0 aromatic carbocycles. The van der Waals surface area contributed by atoms with Crippen molar-refractivity contribution >= 4 is 0 Å². The van der Waals surface area contributed by atoms with Crippen LogP contribution in [0.15, 0.2) is 0 Å². The Bertz CT molecular complexity index is 115. The van der Waals surface area contributed by atoms with Gasteiger partial charge in [0.15, 0.2) is 0 Å². The van der Waals surface area contributed by atoms with Crippen LogP contribution in [0.3, 0.4) is 0 Å². The molecule has 0 aromatic heterocycles. The number of rotatable bonds is 0. The van der Waals surface area contributed by atoms with Crippen LogP contribution in [0.1, 0.15) is 46.5 Å². The van der Waals surface area contributed by atoms with Gasteiger partial charge >= 0.3 is 0 Å². The summed E-state index contributed by atoms with van der Waals surface area (Å²) in [7, 11) is 0. The predicted molar refractivity (Wildman–Crippen MR) is 46.6 cm³/mol. The van der Waals surface area contributed by atoms with Crippen LogP contribution in [0.4, 0.5) is 0 Å². The zero-order valence-electron chi connectivity index (χ0n) is 7.85. The molecule has 1 rings (SSSR count). The Hall–Kier alpha value is -0.0400. The smallest absolute Gasteiger partial charge is 0.0933 e. The molecule has 0 atom stereocenters. The predicted octanol–water partition coefficient (Wildman–Crippen LogP) is 3.13. The third-order valence-corrected chi connectivity index (χ3v) is 2.79. The van der Waals surface area contributed by atoms with Crippen molar-refractivity contribution in [2.75, 3.05) is 0 Å². The summed E-state index contributed by atoms with van der Waals surface area (Å²) >= 11 is 0. The molecule has 65 valence electrons. The third kappa shape index (κ3) is 2.48. The quantitative estimate of drug-likeness (QED) is 0.570. The van der Waals surface area contributed by atoms with E-state index >= 15 is 0 Å². The van der Waals surface area contributed by atoms with Gasteiger partial charge in [0.1, 0.15) is 0 Å². The number of hydrogen-bond donors (Lipinski definition) is 1. The molecule has 1 aliphatic carbocycles. The summed E-state index contributed by atoms with van der Waals surface area (Å²) in [5.41, 5.74) is 0.431. The maximum Gasteiger partial charge on any atom is 0.0933 e. The standard InChI is InChI=1S/C10H19O/c1-10(2,3)8-4-6-9(11)7-5-8/h8,11H,4-7H2,1-3H3. The molecule has 1 aliphatic rings. The average molecular weight is 155 g/mol. The van der Waals surface area contributed by atoms with Crippen molar-refractivity contribution in [1.82, 2.24) is 0 Å². The van der Waals surface area contributed by atoms with Crippen molar-refractivity contribution in [1.29, 1.82) is 0 Å². The van der Waals surface area contributed by atoms with Crippen molar-refractivity contribution in [2.24, 2.45) is 11.3 Å². The molecule has 1 heteroatoms. The first kappa shape index (κ1) is 9.05. The fraction of sp³-hybridized carbons (Fsp3) is 0.900. The second-order valence-corrected chi connectivity index (χ2v) is 4.71. The van der Waals surface area contributed by atoms with Gasteiger partial charge < -0.3 is 5.11 Å². The van der Waals surface area contributed by atoms with Gasteiger partial charge in [-0.1, -0.05) is 20.8 Å². The highest BCUT2D eigenvalue weighted by molar-refractivity contribution is 4.87. The number of aliphatic hydroxyl groups is 1. The highest BCUT2D eigenvalue weighted by Crippen LogP contribution is 2.39. The van der Waals surface area contributed by atoms with Crippen LogP contribution in [-0.2, 0) is 0 Å². The summed E-state index contributed by atoms with van der Waals surface area (Å²) in [4.78, 5) is 0. The molecule has 1 N–H and O–H groups in total. The van der Waals surface area contributed by atoms with Crippen molar-refractivity contribution in [3.05, 3.63) is 6.10 Å². The summed E-state index contributed by atoms with van der Waals surface area (Å²) in [6, 6.07) is 0. The van der Waals surface area contributed by atoms with Crippen LogP contribution >= 0.6 is 0 Å². The minimum atomic E-state index is 0.431. The zero-order valence-corrected chi connectivity index (χ0v) is 7.85. The lowest BCUT2D eigenvalue weighted by Gasteiger charge is -2.35. The average Bonchev–Trinajstić information content (AvgIpc) is 1.86. The lowest BCUT2D eigenvalue weighted by molar-refractivity contribution is 0.137. The maximum atomic E-state index is 9.21. The van der Waals surface area contributed by atoms with Gasteiger partial charge in [-0.3, -0.25) is 0 Å². The maximum absolute atomic E-state index is 9.21. The van der Waals surface area contributed by atoms with Crippen LogP contribution in [0.25, 0.3) is 0 Å². The summed E-state index contributed by atoms with van der Waals surface area (Å²) in [5.74, 6) is 0.804. The fourth-order valence-electron chi connectivity index (χ4n) is 1.82. The van der Waals surface area contributed by atoms with Crippen LogP contribution in [0.2, 0.25) is 0 Å². The highest BCUT2D eigenvalue weighted by Gasteiger charge is 2.28. The Labute approximate surface area is 69.8 Å². The van der Waals surface area contributed by atoms with Crippen LogP contribution in [-0.4, -0.2) is 5.11 Å². The SMILES string of the molecule is CC(C)(C)C1CC[C](O)CC1.